The molecule has 2 heterocycles. The predicted molar refractivity (Wildman–Crippen MR) is 100 cm³/mol. The SMILES string of the molecule is Cc1nn(-c2ccccc2)c(Cl)c1C=C1N=C(c2ccccc2)OC1=O. The number of carbonyl (C=O) groups is 1. The number of carbonyl (C=O) groups excluding carboxylic acids is 1. The first-order valence-corrected chi connectivity index (χ1v) is 8.40. The van der Waals surface area contributed by atoms with E-state index in [4.69, 9.17) is 16.3 Å². The first kappa shape index (κ1) is 16.3. The average Bonchev–Trinajstić information content (AvgIpc) is 3.18. The maximum Gasteiger partial charge on any atom is 0.363 e. The molecular weight excluding hydrogens is 350 g/mol. The second kappa shape index (κ2) is 6.61. The van der Waals surface area contributed by atoms with Crippen LogP contribution in [0.25, 0.3) is 11.8 Å². The van der Waals surface area contributed by atoms with Crippen molar-refractivity contribution in [3.63, 3.8) is 0 Å². The van der Waals surface area contributed by atoms with E-state index in [0.29, 0.717) is 16.4 Å². The van der Waals surface area contributed by atoms with Crippen molar-refractivity contribution in [1.29, 1.82) is 0 Å². The highest BCUT2D eigenvalue weighted by Crippen LogP contribution is 2.27. The Hall–Kier alpha value is -3.18. The third kappa shape index (κ3) is 2.93. The molecule has 0 unspecified atom stereocenters. The van der Waals surface area contributed by atoms with Gasteiger partial charge in [0.1, 0.15) is 5.15 Å². The number of halogens is 1. The van der Waals surface area contributed by atoms with Crippen LogP contribution in [0.2, 0.25) is 5.15 Å². The van der Waals surface area contributed by atoms with Crippen molar-refractivity contribution >= 4 is 29.5 Å². The summed E-state index contributed by atoms with van der Waals surface area (Å²) in [6.45, 7) is 1.83. The van der Waals surface area contributed by atoms with Gasteiger partial charge in [-0.2, -0.15) is 5.10 Å². The molecule has 1 aromatic heterocycles. The second-order valence-corrected chi connectivity index (χ2v) is 6.10. The van der Waals surface area contributed by atoms with Crippen molar-refractivity contribution in [3.8, 4) is 5.69 Å². The van der Waals surface area contributed by atoms with Crippen LogP contribution in [-0.2, 0) is 9.53 Å². The second-order valence-electron chi connectivity index (χ2n) is 5.74. The van der Waals surface area contributed by atoms with Gasteiger partial charge in [0, 0.05) is 11.1 Å². The van der Waals surface area contributed by atoms with Gasteiger partial charge in [-0.05, 0) is 37.3 Å². The third-order valence-electron chi connectivity index (χ3n) is 3.97. The highest BCUT2D eigenvalue weighted by molar-refractivity contribution is 6.31. The van der Waals surface area contributed by atoms with Crippen LogP contribution >= 0.6 is 11.6 Å². The molecule has 128 valence electrons. The van der Waals surface area contributed by atoms with Crippen LogP contribution < -0.4 is 0 Å². The summed E-state index contributed by atoms with van der Waals surface area (Å²) in [5, 5.41) is 4.88. The molecule has 0 radical (unpaired) electrons. The maximum absolute atomic E-state index is 12.2. The molecular formula is C20H14ClN3O2. The average molecular weight is 364 g/mol. The zero-order valence-electron chi connectivity index (χ0n) is 13.9. The van der Waals surface area contributed by atoms with Gasteiger partial charge in [0.05, 0.1) is 11.4 Å². The Labute approximate surface area is 155 Å². The Bertz CT molecular complexity index is 1040. The van der Waals surface area contributed by atoms with Gasteiger partial charge in [0.15, 0.2) is 5.70 Å². The molecule has 0 amide bonds. The molecule has 1 aliphatic heterocycles. The lowest BCUT2D eigenvalue weighted by atomic mass is 10.2. The molecule has 0 N–H and O–H groups in total. The van der Waals surface area contributed by atoms with Crippen LogP contribution in [0.3, 0.4) is 0 Å². The van der Waals surface area contributed by atoms with Gasteiger partial charge in [0.2, 0.25) is 5.90 Å². The predicted octanol–water partition coefficient (Wildman–Crippen LogP) is 4.18. The van der Waals surface area contributed by atoms with Crippen molar-refractivity contribution in [1.82, 2.24) is 9.78 Å². The van der Waals surface area contributed by atoms with Crippen molar-refractivity contribution in [2.75, 3.05) is 0 Å². The van der Waals surface area contributed by atoms with Crippen molar-refractivity contribution in [3.05, 3.63) is 88.3 Å². The first-order chi connectivity index (χ1) is 12.6. The summed E-state index contributed by atoms with van der Waals surface area (Å²) in [6, 6.07) is 18.8. The lowest BCUT2D eigenvalue weighted by Crippen LogP contribution is -2.04. The molecule has 26 heavy (non-hydrogen) atoms. The minimum absolute atomic E-state index is 0.196. The zero-order valence-corrected chi connectivity index (χ0v) is 14.6. The third-order valence-corrected chi connectivity index (χ3v) is 4.33. The number of para-hydroxylation sites is 1. The molecule has 0 bridgehead atoms. The van der Waals surface area contributed by atoms with Crippen LogP contribution in [0, 0.1) is 6.92 Å². The van der Waals surface area contributed by atoms with Crippen molar-refractivity contribution < 1.29 is 9.53 Å². The van der Waals surface area contributed by atoms with E-state index in [9.17, 15) is 4.79 Å². The normalized spacial score (nSPS) is 15.2. The number of aliphatic imine (C=N–C) groups is 1. The maximum atomic E-state index is 12.2. The number of hydrogen-bond acceptors (Lipinski definition) is 4. The summed E-state index contributed by atoms with van der Waals surface area (Å²) >= 11 is 6.50. The van der Waals surface area contributed by atoms with Crippen molar-refractivity contribution in [2.24, 2.45) is 4.99 Å². The zero-order chi connectivity index (χ0) is 18.1. The molecule has 0 spiro atoms. The number of benzene rings is 2. The summed E-state index contributed by atoms with van der Waals surface area (Å²) in [5.41, 5.74) is 3.12. The Morgan fingerprint density at radius 1 is 1.04 bits per heavy atom. The van der Waals surface area contributed by atoms with Gasteiger partial charge >= 0.3 is 5.97 Å². The van der Waals surface area contributed by atoms with E-state index in [1.807, 2.05) is 67.6 Å². The van der Waals surface area contributed by atoms with Gasteiger partial charge < -0.3 is 4.74 Å². The number of cyclic esters (lactones) is 1. The Kier molecular flexibility index (Phi) is 4.14. The fourth-order valence-corrected chi connectivity index (χ4v) is 2.99. The highest BCUT2D eigenvalue weighted by atomic mass is 35.5. The van der Waals surface area contributed by atoms with E-state index in [1.165, 1.54) is 0 Å². The molecule has 0 aliphatic carbocycles. The molecule has 4 rings (SSSR count). The molecule has 3 aromatic rings. The lowest BCUT2D eigenvalue weighted by molar-refractivity contribution is -0.129. The quantitative estimate of drug-likeness (QED) is 0.518. The van der Waals surface area contributed by atoms with Gasteiger partial charge in [-0.15, -0.1) is 0 Å². The van der Waals surface area contributed by atoms with Crippen LogP contribution in [0.5, 0.6) is 0 Å². The minimum Gasteiger partial charge on any atom is -0.402 e. The molecule has 5 nitrogen and oxygen atoms in total. The highest BCUT2D eigenvalue weighted by Gasteiger charge is 2.25. The number of nitrogens with zero attached hydrogens (tertiary/aromatic N) is 3. The molecule has 6 heteroatoms. The number of aromatic nitrogens is 2. The van der Waals surface area contributed by atoms with Crippen LogP contribution in [0.4, 0.5) is 0 Å². The van der Waals surface area contributed by atoms with E-state index in [0.717, 1.165) is 11.3 Å². The summed E-state index contributed by atoms with van der Waals surface area (Å²) in [6.07, 6.45) is 1.61. The van der Waals surface area contributed by atoms with Gasteiger partial charge in [-0.3, -0.25) is 0 Å². The fraction of sp³-hybridized carbons (Fsp3) is 0.0500. The van der Waals surface area contributed by atoms with Crippen LogP contribution in [-0.4, -0.2) is 21.6 Å². The molecule has 0 saturated carbocycles. The Morgan fingerprint density at radius 2 is 1.69 bits per heavy atom. The smallest absolute Gasteiger partial charge is 0.363 e. The number of aryl methyl sites for hydroxylation is 1. The lowest BCUT2D eigenvalue weighted by Gasteiger charge is -2.01. The van der Waals surface area contributed by atoms with Gasteiger partial charge in [-0.25, -0.2) is 14.5 Å². The summed E-state index contributed by atoms with van der Waals surface area (Å²) in [7, 11) is 0. The minimum atomic E-state index is -0.508. The monoisotopic (exact) mass is 363 g/mol. The van der Waals surface area contributed by atoms with Crippen LogP contribution in [0.15, 0.2) is 71.4 Å². The molecule has 1 aliphatic rings. The van der Waals surface area contributed by atoms with E-state index in [2.05, 4.69) is 10.1 Å². The number of esters is 1. The molecule has 0 atom stereocenters. The number of ether oxygens (including phenoxy) is 1. The number of rotatable bonds is 3. The van der Waals surface area contributed by atoms with E-state index in [1.54, 1.807) is 10.8 Å². The Balaban J connectivity index is 1.74. The summed E-state index contributed by atoms with van der Waals surface area (Å²) < 4.78 is 6.91. The fourth-order valence-electron chi connectivity index (χ4n) is 2.67. The summed E-state index contributed by atoms with van der Waals surface area (Å²) in [5.74, 6) is -0.224. The molecule has 2 aromatic carbocycles. The topological polar surface area (TPSA) is 56.5 Å². The van der Waals surface area contributed by atoms with Gasteiger partial charge in [-0.1, -0.05) is 48.0 Å². The Morgan fingerprint density at radius 3 is 2.38 bits per heavy atom. The largest absolute Gasteiger partial charge is 0.402 e. The van der Waals surface area contributed by atoms with E-state index in [-0.39, 0.29) is 11.6 Å². The summed E-state index contributed by atoms with van der Waals surface area (Å²) in [4.78, 5) is 16.5. The molecule has 0 fully saturated rings. The van der Waals surface area contributed by atoms with E-state index >= 15 is 0 Å². The first-order valence-electron chi connectivity index (χ1n) is 8.02. The van der Waals surface area contributed by atoms with Gasteiger partial charge in [0.25, 0.3) is 0 Å². The molecule has 0 saturated heterocycles. The van der Waals surface area contributed by atoms with Crippen LogP contribution in [0.1, 0.15) is 16.8 Å². The van der Waals surface area contributed by atoms with E-state index < -0.39 is 5.97 Å². The standard InChI is InChI=1S/C20H14ClN3O2/c1-13-16(18(21)24(23-13)15-10-6-3-7-11-15)12-17-20(25)26-19(22-17)14-8-4-2-5-9-14/h2-12H,1H3. The number of hydrogen-bond donors (Lipinski definition) is 0. The van der Waals surface area contributed by atoms with Crippen molar-refractivity contribution in [2.45, 2.75) is 6.92 Å².